The number of carbonyl (C=O) groups is 3. The quantitative estimate of drug-likeness (QED) is 0.628. The molecule has 5 rings (SSSR count). The third kappa shape index (κ3) is 3.47. The van der Waals surface area contributed by atoms with E-state index < -0.39 is 35.5 Å². The number of methoxy groups -OCH3 is 1. The summed E-state index contributed by atoms with van der Waals surface area (Å²) in [5.74, 6) is -1.01. The molecule has 0 saturated carbocycles. The molecule has 0 aromatic heterocycles. The third-order valence-electron chi connectivity index (χ3n) is 6.06. The van der Waals surface area contributed by atoms with Crippen LogP contribution in [-0.2, 0) is 14.4 Å². The molecule has 2 aromatic carbocycles. The van der Waals surface area contributed by atoms with E-state index in [0.29, 0.717) is 5.75 Å². The second kappa shape index (κ2) is 8.40. The van der Waals surface area contributed by atoms with Crippen LogP contribution < -0.4 is 10.1 Å². The normalized spacial score (nSPS) is 26.8. The van der Waals surface area contributed by atoms with Gasteiger partial charge in [0.25, 0.3) is 5.91 Å². The van der Waals surface area contributed by atoms with Crippen LogP contribution in [-0.4, -0.2) is 57.0 Å². The molecule has 0 spiro atoms. The number of carboxylic acids is 1. The molecule has 0 aliphatic carbocycles. The zero-order valence-corrected chi connectivity index (χ0v) is 19.0. The topological polar surface area (TPSA) is 99.2 Å². The Hall–Kier alpha value is -3.01. The third-order valence-corrected chi connectivity index (χ3v) is 7.80. The van der Waals surface area contributed by atoms with Crippen LogP contribution in [0.4, 0.5) is 0 Å². The molecule has 2 aromatic rings. The lowest BCUT2D eigenvalue weighted by molar-refractivity contribution is -0.160. The summed E-state index contributed by atoms with van der Waals surface area (Å²) in [6, 6.07) is 15.1. The number of hydrogen-bond donors (Lipinski definition) is 2. The molecule has 2 unspecified atom stereocenters. The number of thioether (sulfide) groups is 1. The van der Waals surface area contributed by atoms with Crippen molar-refractivity contribution in [3.05, 3.63) is 76.5 Å². The summed E-state index contributed by atoms with van der Waals surface area (Å²) in [7, 11) is 1.57. The van der Waals surface area contributed by atoms with Crippen molar-refractivity contribution in [2.24, 2.45) is 0 Å². The van der Waals surface area contributed by atoms with Gasteiger partial charge in [0.15, 0.2) is 0 Å². The fraction of sp³-hybridized carbons (Fsp3) is 0.261. The van der Waals surface area contributed by atoms with Crippen molar-refractivity contribution < 1.29 is 24.2 Å². The number of rotatable bonds is 5. The minimum atomic E-state index is -1.25. The van der Waals surface area contributed by atoms with Crippen molar-refractivity contribution >= 4 is 41.1 Å². The van der Waals surface area contributed by atoms with Crippen LogP contribution in [0.1, 0.15) is 23.3 Å². The number of benzene rings is 2. The fourth-order valence-corrected chi connectivity index (χ4v) is 6.10. The van der Waals surface area contributed by atoms with E-state index in [0.717, 1.165) is 11.1 Å². The van der Waals surface area contributed by atoms with Gasteiger partial charge in [0.2, 0.25) is 5.91 Å². The molecule has 0 radical (unpaired) electrons. The lowest BCUT2D eigenvalue weighted by Gasteiger charge is -2.52. The molecule has 8 nitrogen and oxygen atoms in total. The monoisotopic (exact) mass is 485 g/mol. The van der Waals surface area contributed by atoms with Gasteiger partial charge in [-0.15, -0.1) is 11.8 Å². The molecule has 2 saturated heterocycles. The average molecular weight is 486 g/mol. The van der Waals surface area contributed by atoms with E-state index in [1.807, 2.05) is 42.5 Å². The van der Waals surface area contributed by atoms with E-state index in [1.54, 1.807) is 24.1 Å². The molecule has 4 atom stereocenters. The number of nitrogens with one attached hydrogen (secondary N) is 1. The van der Waals surface area contributed by atoms with Crippen LogP contribution in [0.5, 0.6) is 5.75 Å². The van der Waals surface area contributed by atoms with Gasteiger partial charge in [-0.1, -0.05) is 54.1 Å². The summed E-state index contributed by atoms with van der Waals surface area (Å²) in [4.78, 5) is 41.3. The van der Waals surface area contributed by atoms with Crippen molar-refractivity contribution in [3.8, 4) is 5.75 Å². The molecule has 3 aliphatic heterocycles. The molecule has 10 heteroatoms. The minimum absolute atomic E-state index is 0.121. The maximum Gasteiger partial charge on any atom is 0.353 e. The van der Waals surface area contributed by atoms with Gasteiger partial charge in [-0.3, -0.25) is 19.8 Å². The largest absolute Gasteiger partial charge is 0.497 e. The molecular formula is C23H20ClN3O5S. The molecule has 0 bridgehead atoms. The van der Waals surface area contributed by atoms with Gasteiger partial charge in [0.05, 0.1) is 12.1 Å². The fourth-order valence-electron chi connectivity index (χ4n) is 4.50. The number of fused-ring (bicyclic) bond motifs is 1. The Kier molecular flexibility index (Phi) is 5.55. The lowest BCUT2D eigenvalue weighted by Crippen LogP contribution is -2.71. The number of aliphatic carboxylic acids is 1. The first-order valence-corrected chi connectivity index (χ1v) is 11.7. The van der Waals surface area contributed by atoms with Crippen molar-refractivity contribution in [3.63, 3.8) is 0 Å². The van der Waals surface area contributed by atoms with Crippen LogP contribution in [0.2, 0.25) is 0 Å². The maximum atomic E-state index is 13.7. The van der Waals surface area contributed by atoms with Gasteiger partial charge in [-0.05, 0) is 23.3 Å². The van der Waals surface area contributed by atoms with Gasteiger partial charge >= 0.3 is 5.97 Å². The van der Waals surface area contributed by atoms with Crippen molar-refractivity contribution in [1.29, 1.82) is 0 Å². The highest BCUT2D eigenvalue weighted by atomic mass is 35.5. The first-order chi connectivity index (χ1) is 15.9. The number of amides is 2. The molecular weight excluding hydrogens is 466 g/mol. The number of β-lactam (4-membered cyclic amide) rings is 1. The molecule has 2 fully saturated rings. The van der Waals surface area contributed by atoms with Crippen molar-refractivity contribution in [2.75, 3.05) is 12.9 Å². The predicted molar refractivity (Wildman–Crippen MR) is 122 cm³/mol. The Morgan fingerprint density at radius 1 is 1.09 bits per heavy atom. The van der Waals surface area contributed by atoms with E-state index in [9.17, 15) is 19.5 Å². The predicted octanol–water partition coefficient (Wildman–Crippen LogP) is 2.69. The summed E-state index contributed by atoms with van der Waals surface area (Å²) >= 11 is 7.46. The molecule has 3 aliphatic rings. The van der Waals surface area contributed by atoms with Gasteiger partial charge in [0, 0.05) is 5.75 Å². The maximum absolute atomic E-state index is 13.7. The number of hydrogen-bond acceptors (Lipinski definition) is 6. The number of carboxylic acid groups (broad SMARTS) is 1. The van der Waals surface area contributed by atoms with Crippen LogP contribution in [0.25, 0.3) is 0 Å². The van der Waals surface area contributed by atoms with Crippen LogP contribution in [0.3, 0.4) is 0 Å². The lowest BCUT2D eigenvalue weighted by atomic mass is 10.0. The van der Waals surface area contributed by atoms with Gasteiger partial charge in [0.1, 0.15) is 35.1 Å². The Balaban J connectivity index is 1.52. The first kappa shape index (κ1) is 21.8. The number of nitrogens with zero attached hydrogens (tertiary/aromatic N) is 2. The summed E-state index contributed by atoms with van der Waals surface area (Å²) in [5.41, 5.74) is 1.38. The van der Waals surface area contributed by atoms with E-state index in [1.165, 1.54) is 16.7 Å². The molecule has 2 N–H and O–H groups in total. The van der Waals surface area contributed by atoms with E-state index in [4.69, 9.17) is 16.3 Å². The number of ether oxygens (including phenoxy) is 1. The molecule has 33 heavy (non-hydrogen) atoms. The van der Waals surface area contributed by atoms with Crippen molar-refractivity contribution in [1.82, 2.24) is 15.1 Å². The average Bonchev–Trinajstić information content (AvgIpc) is 3.16. The highest BCUT2D eigenvalue weighted by Crippen LogP contribution is 2.47. The number of halogens is 1. The Bertz CT molecular complexity index is 1160. The first-order valence-electron chi connectivity index (χ1n) is 10.3. The second-order valence-corrected chi connectivity index (χ2v) is 9.41. The molecule has 2 amide bonds. The molecule has 3 heterocycles. The molecule has 170 valence electrons. The van der Waals surface area contributed by atoms with Gasteiger partial charge < -0.3 is 14.7 Å². The van der Waals surface area contributed by atoms with Crippen LogP contribution >= 0.6 is 23.4 Å². The highest BCUT2D eigenvalue weighted by Gasteiger charge is 2.60. The summed E-state index contributed by atoms with van der Waals surface area (Å²) in [6.45, 7) is 0. The summed E-state index contributed by atoms with van der Waals surface area (Å²) < 4.78 is 5.24. The van der Waals surface area contributed by atoms with E-state index in [-0.39, 0.29) is 22.4 Å². The van der Waals surface area contributed by atoms with Crippen LogP contribution in [0, 0.1) is 0 Å². The van der Waals surface area contributed by atoms with Gasteiger partial charge in [-0.2, -0.15) is 0 Å². The Morgan fingerprint density at radius 2 is 1.79 bits per heavy atom. The van der Waals surface area contributed by atoms with Gasteiger partial charge in [-0.25, -0.2) is 4.79 Å². The van der Waals surface area contributed by atoms with Crippen molar-refractivity contribution in [2.45, 2.75) is 23.6 Å². The second-order valence-electron chi connectivity index (χ2n) is 7.84. The SMILES string of the molecule is COc1ccc(C2NC(c3ccccc3)C(=O)N2[C@@H]2C(=O)N3C(C(=O)O)=C(Cl)CS[C@@H]23)cc1. The minimum Gasteiger partial charge on any atom is -0.497 e. The van der Waals surface area contributed by atoms with Crippen LogP contribution in [0.15, 0.2) is 65.3 Å². The standard InChI is InChI=1S/C23H20ClN3O5S/c1-32-14-9-7-13(8-10-14)19-25-16(12-5-3-2-4-6-12)20(28)26(19)18-21(29)27-17(23(30)31)15(24)11-33-22(18)27/h2-10,16,18-19,22,25H,11H2,1H3,(H,30,31)/t16?,18-,19?,22+/m1/s1. The highest BCUT2D eigenvalue weighted by molar-refractivity contribution is 8.00. The van der Waals surface area contributed by atoms with E-state index in [2.05, 4.69) is 5.32 Å². The zero-order valence-electron chi connectivity index (χ0n) is 17.5. The zero-order chi connectivity index (χ0) is 23.3. The summed E-state index contributed by atoms with van der Waals surface area (Å²) in [6.07, 6.45) is -0.569. The Morgan fingerprint density at radius 3 is 2.42 bits per heavy atom. The number of carbonyl (C=O) groups excluding carboxylic acids is 2. The van der Waals surface area contributed by atoms with E-state index >= 15 is 0 Å². The smallest absolute Gasteiger partial charge is 0.353 e. The Labute approximate surface area is 199 Å². The summed E-state index contributed by atoms with van der Waals surface area (Å²) in [5, 5.41) is 12.5.